The van der Waals surface area contributed by atoms with Gasteiger partial charge in [-0.1, -0.05) is 36.8 Å². The first-order valence-corrected chi connectivity index (χ1v) is 6.70. The average Bonchev–Trinajstić information content (AvgIpc) is 2.46. The first kappa shape index (κ1) is 13.5. The smallest absolute Gasteiger partial charge is 0.119 e. The highest BCUT2D eigenvalue weighted by atomic mass is 16.5. The zero-order valence-corrected chi connectivity index (χ0v) is 11.8. The maximum atomic E-state index is 5.17. The van der Waals surface area contributed by atoms with Gasteiger partial charge < -0.3 is 10.1 Å². The van der Waals surface area contributed by atoms with Crippen LogP contribution in [-0.4, -0.2) is 7.11 Å². The predicted molar refractivity (Wildman–Crippen MR) is 80.8 cm³/mol. The van der Waals surface area contributed by atoms with E-state index < -0.39 is 0 Å². The van der Waals surface area contributed by atoms with E-state index in [1.165, 1.54) is 11.1 Å². The molecule has 0 fully saturated rings. The molecule has 0 aliphatic heterocycles. The molecule has 2 aromatic carbocycles. The van der Waals surface area contributed by atoms with Crippen LogP contribution in [0.3, 0.4) is 0 Å². The van der Waals surface area contributed by atoms with Gasteiger partial charge in [-0.25, -0.2) is 0 Å². The fraction of sp³-hybridized carbons (Fsp3) is 0.294. The molecule has 1 atom stereocenters. The number of aryl methyl sites for hydroxylation is 1. The van der Waals surface area contributed by atoms with Crippen LogP contribution < -0.4 is 10.1 Å². The second-order valence-corrected chi connectivity index (χ2v) is 4.74. The molecule has 0 aromatic heterocycles. The van der Waals surface area contributed by atoms with E-state index in [2.05, 4.69) is 55.6 Å². The molecule has 0 heterocycles. The summed E-state index contributed by atoms with van der Waals surface area (Å²) in [5, 5.41) is 3.56. The Morgan fingerprint density at radius 2 is 1.63 bits per heavy atom. The van der Waals surface area contributed by atoms with Gasteiger partial charge in [0.2, 0.25) is 0 Å². The summed E-state index contributed by atoms with van der Waals surface area (Å²) in [7, 11) is 1.68. The van der Waals surface area contributed by atoms with Gasteiger partial charge >= 0.3 is 0 Å². The molecular formula is C17H21NO. The van der Waals surface area contributed by atoms with Gasteiger partial charge in [0.1, 0.15) is 5.75 Å². The third-order valence-electron chi connectivity index (χ3n) is 3.32. The molecule has 2 aromatic rings. The Kier molecular flexibility index (Phi) is 4.45. The first-order valence-electron chi connectivity index (χ1n) is 6.70. The van der Waals surface area contributed by atoms with Crippen LogP contribution >= 0.6 is 0 Å². The van der Waals surface area contributed by atoms with Crippen LogP contribution in [0.2, 0.25) is 0 Å². The summed E-state index contributed by atoms with van der Waals surface area (Å²) >= 11 is 0. The SMILES string of the molecule is CC[C@H](Nc1ccc(OC)cc1)c1ccc(C)cc1. The number of methoxy groups -OCH3 is 1. The maximum Gasteiger partial charge on any atom is 0.119 e. The van der Waals surface area contributed by atoms with Gasteiger partial charge in [0.25, 0.3) is 0 Å². The highest BCUT2D eigenvalue weighted by Gasteiger charge is 2.08. The molecule has 0 amide bonds. The van der Waals surface area contributed by atoms with Crippen molar-refractivity contribution in [1.82, 2.24) is 0 Å². The standard InChI is InChI=1S/C17H21NO/c1-4-17(14-7-5-13(2)6-8-14)18-15-9-11-16(19-3)12-10-15/h5-12,17-18H,4H2,1-3H3/t17-/m0/s1. The Bertz CT molecular complexity index is 502. The van der Waals surface area contributed by atoms with Crippen molar-refractivity contribution in [3.63, 3.8) is 0 Å². The Morgan fingerprint density at radius 3 is 2.16 bits per heavy atom. The van der Waals surface area contributed by atoms with E-state index in [-0.39, 0.29) is 0 Å². The third kappa shape index (κ3) is 3.50. The zero-order valence-electron chi connectivity index (χ0n) is 11.8. The van der Waals surface area contributed by atoms with E-state index in [0.717, 1.165) is 17.9 Å². The molecule has 1 N–H and O–H groups in total. The second kappa shape index (κ2) is 6.28. The molecule has 100 valence electrons. The number of nitrogens with one attached hydrogen (secondary N) is 1. The average molecular weight is 255 g/mol. The minimum Gasteiger partial charge on any atom is -0.497 e. The molecule has 2 heteroatoms. The number of benzene rings is 2. The molecule has 2 nitrogen and oxygen atoms in total. The minimum atomic E-state index is 0.342. The van der Waals surface area contributed by atoms with E-state index in [9.17, 15) is 0 Å². The highest BCUT2D eigenvalue weighted by Crippen LogP contribution is 2.24. The topological polar surface area (TPSA) is 21.3 Å². The Labute approximate surface area is 115 Å². The zero-order chi connectivity index (χ0) is 13.7. The van der Waals surface area contributed by atoms with Crippen molar-refractivity contribution >= 4 is 5.69 Å². The quantitative estimate of drug-likeness (QED) is 0.845. The van der Waals surface area contributed by atoms with Gasteiger partial charge in [-0.3, -0.25) is 0 Å². The first-order chi connectivity index (χ1) is 9.22. The molecule has 2 rings (SSSR count). The molecule has 0 spiro atoms. The fourth-order valence-electron chi connectivity index (χ4n) is 2.11. The van der Waals surface area contributed by atoms with Crippen LogP contribution in [0.25, 0.3) is 0 Å². The normalized spacial score (nSPS) is 11.9. The van der Waals surface area contributed by atoms with Crippen molar-refractivity contribution in [2.24, 2.45) is 0 Å². The summed E-state index contributed by atoms with van der Waals surface area (Å²) in [6, 6.07) is 17.1. The van der Waals surface area contributed by atoms with Crippen LogP contribution in [-0.2, 0) is 0 Å². The molecule has 0 radical (unpaired) electrons. The number of hydrogen-bond donors (Lipinski definition) is 1. The molecule has 0 aliphatic rings. The molecule has 0 unspecified atom stereocenters. The predicted octanol–water partition coefficient (Wildman–Crippen LogP) is 4.57. The summed E-state index contributed by atoms with van der Waals surface area (Å²) in [5.74, 6) is 0.883. The summed E-state index contributed by atoms with van der Waals surface area (Å²) in [5.41, 5.74) is 3.74. The van der Waals surface area contributed by atoms with E-state index in [4.69, 9.17) is 4.74 Å². The van der Waals surface area contributed by atoms with Crippen LogP contribution in [0.4, 0.5) is 5.69 Å². The van der Waals surface area contributed by atoms with Crippen molar-refractivity contribution in [2.45, 2.75) is 26.3 Å². The Morgan fingerprint density at radius 1 is 1.00 bits per heavy atom. The van der Waals surface area contributed by atoms with Gasteiger partial charge in [0.05, 0.1) is 13.2 Å². The van der Waals surface area contributed by atoms with E-state index in [1.54, 1.807) is 7.11 Å². The Hall–Kier alpha value is -1.96. The lowest BCUT2D eigenvalue weighted by atomic mass is 10.0. The lowest BCUT2D eigenvalue weighted by Crippen LogP contribution is -2.09. The van der Waals surface area contributed by atoms with E-state index in [0.29, 0.717) is 6.04 Å². The van der Waals surface area contributed by atoms with Crippen LogP contribution in [0, 0.1) is 6.92 Å². The fourth-order valence-corrected chi connectivity index (χ4v) is 2.11. The van der Waals surface area contributed by atoms with Crippen molar-refractivity contribution < 1.29 is 4.74 Å². The van der Waals surface area contributed by atoms with Gasteiger partial charge in [-0.15, -0.1) is 0 Å². The second-order valence-electron chi connectivity index (χ2n) is 4.74. The summed E-state index contributed by atoms with van der Waals surface area (Å²) in [6.07, 6.45) is 1.05. The number of ether oxygens (including phenoxy) is 1. The highest BCUT2D eigenvalue weighted by molar-refractivity contribution is 5.48. The maximum absolute atomic E-state index is 5.17. The minimum absolute atomic E-state index is 0.342. The van der Waals surface area contributed by atoms with Crippen molar-refractivity contribution in [3.8, 4) is 5.75 Å². The largest absolute Gasteiger partial charge is 0.497 e. The van der Waals surface area contributed by atoms with Crippen LogP contribution in [0.5, 0.6) is 5.75 Å². The summed E-state index contributed by atoms with van der Waals surface area (Å²) < 4.78 is 5.17. The van der Waals surface area contributed by atoms with Crippen molar-refractivity contribution in [1.29, 1.82) is 0 Å². The molecule has 19 heavy (non-hydrogen) atoms. The van der Waals surface area contributed by atoms with E-state index >= 15 is 0 Å². The number of rotatable bonds is 5. The van der Waals surface area contributed by atoms with Crippen LogP contribution in [0.1, 0.15) is 30.5 Å². The van der Waals surface area contributed by atoms with Gasteiger partial charge in [0, 0.05) is 5.69 Å². The lowest BCUT2D eigenvalue weighted by Gasteiger charge is -2.19. The number of anilines is 1. The Balaban J connectivity index is 2.11. The monoisotopic (exact) mass is 255 g/mol. The van der Waals surface area contributed by atoms with E-state index in [1.807, 2.05) is 12.1 Å². The summed E-state index contributed by atoms with van der Waals surface area (Å²) in [4.78, 5) is 0. The van der Waals surface area contributed by atoms with Gasteiger partial charge in [-0.2, -0.15) is 0 Å². The molecular weight excluding hydrogens is 234 g/mol. The van der Waals surface area contributed by atoms with Crippen molar-refractivity contribution in [2.75, 3.05) is 12.4 Å². The third-order valence-corrected chi connectivity index (χ3v) is 3.32. The van der Waals surface area contributed by atoms with Gasteiger partial charge in [0.15, 0.2) is 0 Å². The lowest BCUT2D eigenvalue weighted by molar-refractivity contribution is 0.415. The van der Waals surface area contributed by atoms with Gasteiger partial charge in [-0.05, 0) is 43.2 Å². The van der Waals surface area contributed by atoms with Crippen molar-refractivity contribution in [3.05, 3.63) is 59.7 Å². The molecule has 0 bridgehead atoms. The van der Waals surface area contributed by atoms with Crippen LogP contribution in [0.15, 0.2) is 48.5 Å². The summed E-state index contributed by atoms with van der Waals surface area (Å²) in [6.45, 7) is 4.31. The number of hydrogen-bond acceptors (Lipinski definition) is 2. The molecule has 0 saturated carbocycles. The molecule has 0 saturated heterocycles. The molecule has 0 aliphatic carbocycles.